The molecule has 0 fully saturated rings. The SMILES string of the molecule is CCOC(=O)C(CC)c1csc(NC(C)=O)n1. The normalized spacial score (nSPS) is 11.9. The maximum absolute atomic E-state index is 11.7. The van der Waals surface area contributed by atoms with Crippen molar-refractivity contribution in [2.75, 3.05) is 11.9 Å². The van der Waals surface area contributed by atoms with Crippen molar-refractivity contribution in [1.82, 2.24) is 4.98 Å². The Morgan fingerprint density at radius 1 is 1.53 bits per heavy atom. The molecule has 0 aromatic carbocycles. The van der Waals surface area contributed by atoms with Gasteiger partial charge < -0.3 is 10.1 Å². The van der Waals surface area contributed by atoms with E-state index in [1.54, 1.807) is 12.3 Å². The van der Waals surface area contributed by atoms with Crippen LogP contribution in [0.5, 0.6) is 0 Å². The van der Waals surface area contributed by atoms with E-state index in [1.807, 2.05) is 6.92 Å². The van der Waals surface area contributed by atoms with Crippen molar-refractivity contribution in [3.63, 3.8) is 0 Å². The van der Waals surface area contributed by atoms with Gasteiger partial charge in [-0.1, -0.05) is 6.92 Å². The second-order valence-electron chi connectivity index (χ2n) is 3.47. The summed E-state index contributed by atoms with van der Waals surface area (Å²) in [6.07, 6.45) is 0.627. The monoisotopic (exact) mass is 256 g/mol. The molecule has 17 heavy (non-hydrogen) atoms. The van der Waals surface area contributed by atoms with Crippen LogP contribution in [0, 0.1) is 0 Å². The number of nitrogens with zero attached hydrogens (tertiary/aromatic N) is 1. The van der Waals surface area contributed by atoms with Gasteiger partial charge in [-0.25, -0.2) is 4.98 Å². The van der Waals surface area contributed by atoms with Gasteiger partial charge in [-0.05, 0) is 13.3 Å². The number of hydrogen-bond donors (Lipinski definition) is 1. The highest BCUT2D eigenvalue weighted by Crippen LogP contribution is 2.25. The Morgan fingerprint density at radius 2 is 2.24 bits per heavy atom. The lowest BCUT2D eigenvalue weighted by molar-refractivity contribution is -0.145. The lowest BCUT2D eigenvalue weighted by Crippen LogP contribution is -2.16. The molecule has 5 nitrogen and oxygen atoms in total. The minimum absolute atomic E-state index is 0.171. The van der Waals surface area contributed by atoms with Crippen molar-refractivity contribution in [2.45, 2.75) is 33.1 Å². The van der Waals surface area contributed by atoms with Crippen LogP contribution in [0.3, 0.4) is 0 Å². The molecule has 0 saturated carbocycles. The van der Waals surface area contributed by atoms with Gasteiger partial charge in [0, 0.05) is 12.3 Å². The highest BCUT2D eigenvalue weighted by molar-refractivity contribution is 7.13. The molecule has 94 valence electrons. The second kappa shape index (κ2) is 6.34. The molecule has 1 atom stereocenters. The highest BCUT2D eigenvalue weighted by Gasteiger charge is 2.22. The van der Waals surface area contributed by atoms with Crippen LogP contribution in [0.15, 0.2) is 5.38 Å². The second-order valence-corrected chi connectivity index (χ2v) is 4.33. The molecule has 1 amide bonds. The molecule has 0 aliphatic rings. The van der Waals surface area contributed by atoms with Crippen LogP contribution in [0.2, 0.25) is 0 Å². The summed E-state index contributed by atoms with van der Waals surface area (Å²) < 4.78 is 4.98. The van der Waals surface area contributed by atoms with Crippen LogP contribution in [0.4, 0.5) is 5.13 Å². The molecule has 1 rings (SSSR count). The van der Waals surface area contributed by atoms with E-state index in [1.165, 1.54) is 18.3 Å². The molecule has 1 unspecified atom stereocenters. The number of hydrogen-bond acceptors (Lipinski definition) is 5. The molecule has 1 aromatic heterocycles. The molecule has 1 heterocycles. The number of carbonyl (C=O) groups is 2. The van der Waals surface area contributed by atoms with Gasteiger partial charge in [0.2, 0.25) is 5.91 Å². The number of carbonyl (C=O) groups excluding carboxylic acids is 2. The maximum atomic E-state index is 11.7. The summed E-state index contributed by atoms with van der Waals surface area (Å²) >= 11 is 1.31. The number of ether oxygens (including phenoxy) is 1. The first kappa shape index (κ1) is 13.6. The highest BCUT2D eigenvalue weighted by atomic mass is 32.1. The third-order valence-corrected chi connectivity index (χ3v) is 2.92. The Hall–Kier alpha value is -1.43. The first-order valence-electron chi connectivity index (χ1n) is 5.48. The Kier molecular flexibility index (Phi) is 5.09. The predicted octanol–water partition coefficient (Wildman–Crippen LogP) is 2.16. The Morgan fingerprint density at radius 3 is 2.76 bits per heavy atom. The average Bonchev–Trinajstić information content (AvgIpc) is 2.67. The van der Waals surface area contributed by atoms with Crippen LogP contribution < -0.4 is 5.32 Å². The van der Waals surface area contributed by atoms with E-state index in [9.17, 15) is 9.59 Å². The first-order chi connectivity index (χ1) is 8.08. The Balaban J connectivity index is 2.78. The van der Waals surface area contributed by atoms with E-state index in [0.29, 0.717) is 23.9 Å². The van der Waals surface area contributed by atoms with Crippen LogP contribution in [-0.2, 0) is 14.3 Å². The van der Waals surface area contributed by atoms with Crippen molar-refractivity contribution in [3.8, 4) is 0 Å². The van der Waals surface area contributed by atoms with Crippen molar-refractivity contribution >= 4 is 28.3 Å². The molecule has 1 N–H and O–H groups in total. The quantitative estimate of drug-likeness (QED) is 0.820. The number of nitrogens with one attached hydrogen (secondary N) is 1. The standard InChI is InChI=1S/C11H16N2O3S/c1-4-8(10(15)16-5-2)9-6-17-11(13-9)12-7(3)14/h6,8H,4-5H2,1-3H3,(H,12,13,14). The van der Waals surface area contributed by atoms with Crippen molar-refractivity contribution in [3.05, 3.63) is 11.1 Å². The van der Waals surface area contributed by atoms with Gasteiger partial charge in [0.15, 0.2) is 5.13 Å². The zero-order chi connectivity index (χ0) is 12.8. The van der Waals surface area contributed by atoms with Gasteiger partial charge >= 0.3 is 5.97 Å². The lowest BCUT2D eigenvalue weighted by Gasteiger charge is -2.10. The number of rotatable bonds is 5. The molecule has 0 bridgehead atoms. The summed E-state index contributed by atoms with van der Waals surface area (Å²) in [7, 11) is 0. The first-order valence-corrected chi connectivity index (χ1v) is 6.36. The van der Waals surface area contributed by atoms with E-state index in [0.717, 1.165) is 0 Å². The van der Waals surface area contributed by atoms with Gasteiger partial charge in [0.1, 0.15) is 0 Å². The van der Waals surface area contributed by atoms with Crippen LogP contribution in [0.1, 0.15) is 38.8 Å². The number of amides is 1. The summed E-state index contributed by atoms with van der Waals surface area (Å²) in [5, 5.41) is 4.88. The number of anilines is 1. The zero-order valence-electron chi connectivity index (χ0n) is 10.1. The van der Waals surface area contributed by atoms with Crippen LogP contribution >= 0.6 is 11.3 Å². The third kappa shape index (κ3) is 3.81. The minimum Gasteiger partial charge on any atom is -0.465 e. The molecule has 0 aliphatic heterocycles. The Labute approximate surface area is 104 Å². The maximum Gasteiger partial charge on any atom is 0.315 e. The van der Waals surface area contributed by atoms with Crippen molar-refractivity contribution < 1.29 is 14.3 Å². The molecule has 0 spiro atoms. The van der Waals surface area contributed by atoms with Gasteiger partial charge in [-0.3, -0.25) is 9.59 Å². The molecule has 0 saturated heterocycles. The fraction of sp³-hybridized carbons (Fsp3) is 0.545. The fourth-order valence-electron chi connectivity index (χ4n) is 1.39. The van der Waals surface area contributed by atoms with Gasteiger partial charge in [-0.2, -0.15) is 0 Å². The summed E-state index contributed by atoms with van der Waals surface area (Å²) in [5.41, 5.74) is 0.653. The number of esters is 1. The predicted molar refractivity (Wildman–Crippen MR) is 66.1 cm³/mol. The van der Waals surface area contributed by atoms with E-state index in [2.05, 4.69) is 10.3 Å². The largest absolute Gasteiger partial charge is 0.465 e. The zero-order valence-corrected chi connectivity index (χ0v) is 11.0. The molecule has 6 heteroatoms. The van der Waals surface area contributed by atoms with E-state index < -0.39 is 0 Å². The van der Waals surface area contributed by atoms with E-state index in [-0.39, 0.29) is 17.8 Å². The minimum atomic E-state index is -0.353. The molecular formula is C11H16N2O3S. The third-order valence-electron chi connectivity index (χ3n) is 2.14. The summed E-state index contributed by atoms with van der Waals surface area (Å²) in [4.78, 5) is 26.7. The summed E-state index contributed by atoms with van der Waals surface area (Å²) in [6, 6.07) is 0. The lowest BCUT2D eigenvalue weighted by atomic mass is 10.0. The van der Waals surface area contributed by atoms with Gasteiger partial charge in [0.05, 0.1) is 18.2 Å². The van der Waals surface area contributed by atoms with Crippen molar-refractivity contribution in [2.24, 2.45) is 0 Å². The smallest absolute Gasteiger partial charge is 0.315 e. The molecule has 1 aromatic rings. The van der Waals surface area contributed by atoms with Crippen LogP contribution in [-0.4, -0.2) is 23.5 Å². The Bertz CT molecular complexity index is 403. The van der Waals surface area contributed by atoms with Gasteiger partial charge in [0.25, 0.3) is 0 Å². The average molecular weight is 256 g/mol. The molecular weight excluding hydrogens is 240 g/mol. The number of thiazole rings is 1. The number of aromatic nitrogens is 1. The van der Waals surface area contributed by atoms with E-state index in [4.69, 9.17) is 4.74 Å². The molecule has 0 radical (unpaired) electrons. The summed E-state index contributed by atoms with van der Waals surface area (Å²) in [6.45, 7) is 5.45. The van der Waals surface area contributed by atoms with Gasteiger partial charge in [-0.15, -0.1) is 11.3 Å². The molecule has 0 aliphatic carbocycles. The van der Waals surface area contributed by atoms with Crippen LogP contribution in [0.25, 0.3) is 0 Å². The van der Waals surface area contributed by atoms with E-state index >= 15 is 0 Å². The summed E-state index contributed by atoms with van der Waals surface area (Å²) in [5.74, 6) is -0.793. The topological polar surface area (TPSA) is 68.3 Å². The van der Waals surface area contributed by atoms with Crippen molar-refractivity contribution in [1.29, 1.82) is 0 Å². The fourth-order valence-corrected chi connectivity index (χ4v) is 2.20.